The van der Waals surface area contributed by atoms with Gasteiger partial charge in [-0.25, -0.2) is 0 Å². The van der Waals surface area contributed by atoms with Gasteiger partial charge >= 0.3 is 0 Å². The van der Waals surface area contributed by atoms with E-state index in [9.17, 15) is 0 Å². The van der Waals surface area contributed by atoms with Crippen LogP contribution < -0.4 is 5.73 Å². The van der Waals surface area contributed by atoms with Crippen LogP contribution in [-0.2, 0) is 19.4 Å². The summed E-state index contributed by atoms with van der Waals surface area (Å²) in [4.78, 5) is 1.31. The Morgan fingerprint density at radius 1 is 1.53 bits per heavy atom. The fraction of sp³-hybridized carbons (Fsp3) is 0.417. The number of hydrogen-bond acceptors (Lipinski definition) is 3. The second-order valence-corrected chi connectivity index (χ2v) is 6.09. The molecule has 3 nitrogen and oxygen atoms in total. The van der Waals surface area contributed by atoms with E-state index >= 15 is 0 Å². The molecule has 0 atom stereocenters. The summed E-state index contributed by atoms with van der Waals surface area (Å²) < 4.78 is 3.31. The van der Waals surface area contributed by atoms with E-state index in [-0.39, 0.29) is 0 Å². The van der Waals surface area contributed by atoms with E-state index in [0.717, 1.165) is 29.6 Å². The third-order valence-electron chi connectivity index (χ3n) is 3.11. The van der Waals surface area contributed by atoms with E-state index < -0.39 is 0 Å². The number of thiophene rings is 1. The van der Waals surface area contributed by atoms with Crippen LogP contribution in [0.2, 0.25) is 0 Å². The van der Waals surface area contributed by atoms with E-state index in [4.69, 9.17) is 10.8 Å². The van der Waals surface area contributed by atoms with Crippen molar-refractivity contribution in [3.63, 3.8) is 0 Å². The fourth-order valence-corrected chi connectivity index (χ4v) is 3.94. The highest BCUT2D eigenvalue weighted by molar-refractivity contribution is 9.10. The maximum Gasteiger partial charge on any atom is 0.0726 e. The molecule has 0 aromatic carbocycles. The molecule has 1 aliphatic rings. The number of hydrogen-bond donors (Lipinski definition) is 1. The SMILES string of the molecule is NCCc1nn2c(c1-c1cc(Br)cs1)CCC2. The van der Waals surface area contributed by atoms with Crippen LogP contribution in [0.1, 0.15) is 17.8 Å². The predicted octanol–water partition coefficient (Wildman–Crippen LogP) is 2.82. The fourth-order valence-electron chi connectivity index (χ4n) is 2.43. The minimum absolute atomic E-state index is 0.663. The van der Waals surface area contributed by atoms with Crippen molar-refractivity contribution in [3.8, 4) is 10.4 Å². The first kappa shape index (κ1) is 11.4. The van der Waals surface area contributed by atoms with E-state index in [0.29, 0.717) is 6.54 Å². The highest BCUT2D eigenvalue weighted by Gasteiger charge is 2.23. The third-order valence-corrected chi connectivity index (χ3v) is 4.82. The molecule has 0 amide bonds. The Kier molecular flexibility index (Phi) is 3.06. The van der Waals surface area contributed by atoms with Crippen LogP contribution in [-0.4, -0.2) is 16.3 Å². The van der Waals surface area contributed by atoms with Crippen LogP contribution in [0.4, 0.5) is 0 Å². The quantitative estimate of drug-likeness (QED) is 0.947. The van der Waals surface area contributed by atoms with Gasteiger partial charge in [-0.2, -0.15) is 5.10 Å². The molecular weight excluding hydrogens is 298 g/mol. The molecule has 0 fully saturated rings. The Morgan fingerprint density at radius 2 is 2.41 bits per heavy atom. The van der Waals surface area contributed by atoms with Crippen LogP contribution in [0.5, 0.6) is 0 Å². The molecule has 0 spiro atoms. The lowest BCUT2D eigenvalue weighted by atomic mass is 10.1. The lowest BCUT2D eigenvalue weighted by Gasteiger charge is -2.00. The number of fused-ring (bicyclic) bond motifs is 1. The van der Waals surface area contributed by atoms with Crippen molar-refractivity contribution in [2.45, 2.75) is 25.8 Å². The maximum absolute atomic E-state index is 5.68. The Balaban J connectivity index is 2.12. The summed E-state index contributed by atoms with van der Waals surface area (Å²) in [6.07, 6.45) is 3.22. The summed E-state index contributed by atoms with van der Waals surface area (Å²) in [5.74, 6) is 0. The minimum Gasteiger partial charge on any atom is -0.330 e. The van der Waals surface area contributed by atoms with Gasteiger partial charge in [0.2, 0.25) is 0 Å². The van der Waals surface area contributed by atoms with Crippen molar-refractivity contribution in [2.24, 2.45) is 5.73 Å². The van der Waals surface area contributed by atoms with Gasteiger partial charge in [-0.15, -0.1) is 11.3 Å². The molecular formula is C12H14BrN3S. The van der Waals surface area contributed by atoms with E-state index in [1.54, 1.807) is 11.3 Å². The van der Waals surface area contributed by atoms with Gasteiger partial charge in [-0.1, -0.05) is 0 Å². The summed E-state index contributed by atoms with van der Waals surface area (Å²) >= 11 is 5.29. The van der Waals surface area contributed by atoms with Gasteiger partial charge in [0.05, 0.1) is 5.69 Å². The molecule has 0 bridgehead atoms. The number of halogens is 1. The van der Waals surface area contributed by atoms with Gasteiger partial charge < -0.3 is 5.73 Å². The first-order valence-corrected chi connectivity index (χ1v) is 7.50. The molecule has 0 saturated heterocycles. The standard InChI is InChI=1S/C12H14BrN3S/c13-8-6-11(17-7-8)12-9(3-4-14)15-16-5-1-2-10(12)16/h6-7H,1-5,14H2. The van der Waals surface area contributed by atoms with E-state index in [1.807, 2.05) is 0 Å². The Morgan fingerprint density at radius 3 is 3.12 bits per heavy atom. The molecule has 17 heavy (non-hydrogen) atoms. The molecule has 1 aliphatic heterocycles. The maximum atomic E-state index is 5.68. The van der Waals surface area contributed by atoms with Gasteiger partial charge in [0.25, 0.3) is 0 Å². The zero-order valence-electron chi connectivity index (χ0n) is 9.45. The second kappa shape index (κ2) is 4.55. The average molecular weight is 312 g/mol. The summed E-state index contributed by atoms with van der Waals surface area (Å²) in [6.45, 7) is 1.72. The number of rotatable bonds is 3. The van der Waals surface area contributed by atoms with Crippen LogP contribution >= 0.6 is 27.3 Å². The van der Waals surface area contributed by atoms with Crippen LogP contribution in [0.3, 0.4) is 0 Å². The van der Waals surface area contributed by atoms with Gasteiger partial charge in [0.1, 0.15) is 0 Å². The average Bonchev–Trinajstić information content (AvgIpc) is 2.94. The highest BCUT2D eigenvalue weighted by Crippen LogP contribution is 2.37. The summed E-state index contributed by atoms with van der Waals surface area (Å²) in [5, 5.41) is 6.82. The zero-order chi connectivity index (χ0) is 11.8. The summed E-state index contributed by atoms with van der Waals surface area (Å²) in [6, 6.07) is 2.18. The van der Waals surface area contributed by atoms with Crippen LogP contribution in [0.25, 0.3) is 10.4 Å². The Bertz CT molecular complexity index is 544. The zero-order valence-corrected chi connectivity index (χ0v) is 11.9. The second-order valence-electron chi connectivity index (χ2n) is 4.26. The number of aromatic nitrogens is 2. The lowest BCUT2D eigenvalue weighted by Crippen LogP contribution is -2.05. The Hall–Kier alpha value is -0.650. The van der Waals surface area contributed by atoms with E-state index in [2.05, 4.69) is 32.1 Å². The van der Waals surface area contributed by atoms with Gasteiger partial charge in [0.15, 0.2) is 0 Å². The molecule has 90 valence electrons. The van der Waals surface area contributed by atoms with Crippen molar-refractivity contribution >= 4 is 27.3 Å². The van der Waals surface area contributed by atoms with Gasteiger partial charge in [-0.05, 0) is 41.4 Å². The molecule has 2 N–H and O–H groups in total. The van der Waals surface area contributed by atoms with Crippen molar-refractivity contribution in [1.82, 2.24) is 9.78 Å². The molecule has 0 radical (unpaired) electrons. The number of aryl methyl sites for hydroxylation is 1. The summed E-state index contributed by atoms with van der Waals surface area (Å²) in [7, 11) is 0. The monoisotopic (exact) mass is 311 g/mol. The normalized spacial score (nSPS) is 14.2. The first-order valence-electron chi connectivity index (χ1n) is 5.82. The smallest absolute Gasteiger partial charge is 0.0726 e. The van der Waals surface area contributed by atoms with Gasteiger partial charge in [0, 0.05) is 39.0 Å². The summed E-state index contributed by atoms with van der Waals surface area (Å²) in [5.41, 5.74) is 9.57. The first-order chi connectivity index (χ1) is 8.29. The predicted molar refractivity (Wildman–Crippen MR) is 74.3 cm³/mol. The van der Waals surface area contributed by atoms with Crippen molar-refractivity contribution in [3.05, 3.63) is 27.3 Å². The molecule has 0 unspecified atom stereocenters. The number of nitrogens with two attached hydrogens (primary N) is 1. The molecule has 0 saturated carbocycles. The molecule has 5 heteroatoms. The van der Waals surface area contributed by atoms with Crippen molar-refractivity contribution in [2.75, 3.05) is 6.54 Å². The third kappa shape index (κ3) is 1.96. The van der Waals surface area contributed by atoms with Crippen LogP contribution in [0, 0.1) is 0 Å². The molecule has 3 rings (SSSR count). The van der Waals surface area contributed by atoms with E-state index in [1.165, 1.54) is 22.6 Å². The van der Waals surface area contributed by atoms with Crippen molar-refractivity contribution in [1.29, 1.82) is 0 Å². The largest absolute Gasteiger partial charge is 0.330 e. The van der Waals surface area contributed by atoms with Crippen molar-refractivity contribution < 1.29 is 0 Å². The minimum atomic E-state index is 0.663. The Labute approximate surface area is 113 Å². The molecule has 0 aliphatic carbocycles. The topological polar surface area (TPSA) is 43.8 Å². The number of nitrogens with zero attached hydrogens (tertiary/aromatic N) is 2. The molecule has 2 aromatic rings. The highest BCUT2D eigenvalue weighted by atomic mass is 79.9. The lowest BCUT2D eigenvalue weighted by molar-refractivity contribution is 0.643. The van der Waals surface area contributed by atoms with Gasteiger partial charge in [-0.3, -0.25) is 4.68 Å². The molecule has 2 aromatic heterocycles. The van der Waals surface area contributed by atoms with Crippen LogP contribution in [0.15, 0.2) is 15.9 Å². The molecule has 3 heterocycles.